The monoisotopic (exact) mass is 549 g/mol. The minimum atomic E-state index is -3.62. The first-order chi connectivity index (χ1) is 18.0. The van der Waals surface area contributed by atoms with Gasteiger partial charge in [-0.3, -0.25) is 9.69 Å². The molecule has 10 heteroatoms. The molecule has 1 aromatic rings. The fourth-order valence-electron chi connectivity index (χ4n) is 6.41. The predicted molar refractivity (Wildman–Crippen MR) is 151 cm³/mol. The number of β-amino-alcohol motifs (C(OH)–C–C–N with tert-alkyl or cyclic N) is 1. The molecule has 2 saturated heterocycles. The molecule has 3 aliphatic rings. The van der Waals surface area contributed by atoms with E-state index in [0.29, 0.717) is 62.4 Å². The van der Waals surface area contributed by atoms with E-state index in [4.69, 9.17) is 0 Å². The molecule has 0 spiro atoms. The van der Waals surface area contributed by atoms with Gasteiger partial charge in [0, 0.05) is 77.6 Å². The van der Waals surface area contributed by atoms with Crippen LogP contribution in [0.5, 0.6) is 0 Å². The lowest BCUT2D eigenvalue weighted by Gasteiger charge is -2.36. The second kappa shape index (κ2) is 12.2. The Morgan fingerprint density at radius 1 is 1.05 bits per heavy atom. The number of carbonyl (C=O) groups excluding carboxylic acids is 1. The average molecular weight is 550 g/mol. The molecule has 214 valence electrons. The second-order valence-corrected chi connectivity index (χ2v) is 13.6. The number of piperazine rings is 1. The summed E-state index contributed by atoms with van der Waals surface area (Å²) >= 11 is 0. The van der Waals surface area contributed by atoms with Crippen LogP contribution in [0.15, 0.2) is 23.1 Å². The summed E-state index contributed by atoms with van der Waals surface area (Å²) in [6.07, 6.45) is 0.870. The first-order valence-corrected chi connectivity index (χ1v) is 15.7. The first kappa shape index (κ1) is 29.3. The summed E-state index contributed by atoms with van der Waals surface area (Å²) in [4.78, 5) is 22.3. The number of nitrogens with zero attached hydrogens (tertiary/aromatic N) is 5. The quantitative estimate of drug-likeness (QED) is 0.500. The zero-order chi connectivity index (χ0) is 27.6. The number of piperidine rings is 1. The van der Waals surface area contributed by atoms with E-state index in [1.807, 2.05) is 29.7 Å². The number of fused-ring (bicyclic) bond motifs is 1. The zero-order valence-corrected chi connectivity index (χ0v) is 24.7. The second-order valence-electron chi connectivity index (χ2n) is 11.7. The van der Waals surface area contributed by atoms with E-state index in [2.05, 4.69) is 30.7 Å². The molecule has 1 amide bonds. The molecule has 3 heterocycles. The van der Waals surface area contributed by atoms with E-state index < -0.39 is 22.2 Å². The average Bonchev–Trinajstić information content (AvgIpc) is 3.23. The number of sulfonamides is 1. The lowest BCUT2D eigenvalue weighted by Crippen LogP contribution is -2.52. The number of likely N-dealkylation sites (N-methyl/N-ethyl adjacent to an activating group) is 2. The van der Waals surface area contributed by atoms with Gasteiger partial charge in [-0.1, -0.05) is 13.8 Å². The van der Waals surface area contributed by atoms with E-state index in [0.717, 1.165) is 43.9 Å². The Morgan fingerprint density at radius 3 is 2.29 bits per heavy atom. The van der Waals surface area contributed by atoms with Crippen LogP contribution >= 0.6 is 0 Å². The van der Waals surface area contributed by atoms with Crippen LogP contribution < -0.4 is 4.90 Å². The van der Waals surface area contributed by atoms with E-state index in [1.54, 1.807) is 16.4 Å². The fourth-order valence-corrected chi connectivity index (χ4v) is 8.14. The Hall–Kier alpha value is -1.72. The molecule has 0 saturated carbocycles. The van der Waals surface area contributed by atoms with Crippen LogP contribution in [-0.2, 0) is 21.2 Å². The summed E-state index contributed by atoms with van der Waals surface area (Å²) in [5.74, 6) is 0.689. The number of aliphatic hydroxyl groups is 1. The molecule has 2 fully saturated rings. The van der Waals surface area contributed by atoms with Crippen molar-refractivity contribution in [2.45, 2.75) is 57.6 Å². The highest BCUT2D eigenvalue weighted by molar-refractivity contribution is 7.89. The summed E-state index contributed by atoms with van der Waals surface area (Å²) < 4.78 is 28.8. The Morgan fingerprint density at radius 2 is 1.68 bits per heavy atom. The van der Waals surface area contributed by atoms with Gasteiger partial charge >= 0.3 is 0 Å². The van der Waals surface area contributed by atoms with Crippen molar-refractivity contribution in [3.05, 3.63) is 23.8 Å². The number of amides is 1. The Kier molecular flexibility index (Phi) is 9.40. The third-order valence-electron chi connectivity index (χ3n) is 8.46. The van der Waals surface area contributed by atoms with Crippen molar-refractivity contribution in [1.82, 2.24) is 19.0 Å². The summed E-state index contributed by atoms with van der Waals surface area (Å²) in [5.41, 5.74) is 1.72. The molecule has 3 aliphatic heterocycles. The SMILES string of the molecule is CCN(CC)C(=O)C1Cc2cc(S(=O)(=O)N3CC(C)CC(C)C3)ccc2N1CC(O)CN1CCN(C)CC1. The molecule has 38 heavy (non-hydrogen) atoms. The maximum atomic E-state index is 13.6. The van der Waals surface area contributed by atoms with Gasteiger partial charge in [0.15, 0.2) is 0 Å². The number of hydrogen-bond donors (Lipinski definition) is 1. The van der Waals surface area contributed by atoms with Crippen molar-refractivity contribution >= 4 is 21.6 Å². The number of aliphatic hydroxyl groups excluding tert-OH is 1. The van der Waals surface area contributed by atoms with Gasteiger partial charge in [-0.2, -0.15) is 4.31 Å². The van der Waals surface area contributed by atoms with Crippen molar-refractivity contribution < 1.29 is 18.3 Å². The molecule has 0 aliphatic carbocycles. The minimum absolute atomic E-state index is 0.0288. The van der Waals surface area contributed by atoms with E-state index in [9.17, 15) is 18.3 Å². The highest BCUT2D eigenvalue weighted by Crippen LogP contribution is 2.36. The van der Waals surface area contributed by atoms with Gasteiger partial charge in [-0.15, -0.1) is 0 Å². The fraction of sp³-hybridized carbons (Fsp3) is 0.750. The van der Waals surface area contributed by atoms with Crippen LogP contribution in [0, 0.1) is 11.8 Å². The van der Waals surface area contributed by atoms with Crippen LogP contribution in [0.1, 0.15) is 39.7 Å². The highest BCUT2D eigenvalue weighted by atomic mass is 32.2. The van der Waals surface area contributed by atoms with Gasteiger partial charge in [-0.05, 0) is 62.9 Å². The molecule has 4 rings (SSSR count). The third kappa shape index (κ3) is 6.36. The minimum Gasteiger partial charge on any atom is -0.390 e. The Labute approximate surface area is 229 Å². The van der Waals surface area contributed by atoms with Crippen molar-refractivity contribution in [2.24, 2.45) is 11.8 Å². The van der Waals surface area contributed by atoms with E-state index >= 15 is 0 Å². The number of hydrogen-bond acceptors (Lipinski definition) is 7. The van der Waals surface area contributed by atoms with Crippen LogP contribution in [-0.4, -0.2) is 123 Å². The highest BCUT2D eigenvalue weighted by Gasteiger charge is 2.39. The molecule has 0 radical (unpaired) electrons. The van der Waals surface area contributed by atoms with Gasteiger partial charge in [0.1, 0.15) is 6.04 Å². The zero-order valence-electron chi connectivity index (χ0n) is 23.8. The van der Waals surface area contributed by atoms with Crippen molar-refractivity contribution in [3.63, 3.8) is 0 Å². The van der Waals surface area contributed by atoms with Crippen LogP contribution in [0.3, 0.4) is 0 Å². The number of rotatable bonds is 9. The Balaban J connectivity index is 1.57. The van der Waals surface area contributed by atoms with Crippen LogP contribution in [0.2, 0.25) is 0 Å². The van der Waals surface area contributed by atoms with Crippen LogP contribution in [0.25, 0.3) is 0 Å². The number of benzene rings is 1. The molecule has 1 N–H and O–H groups in total. The summed E-state index contributed by atoms with van der Waals surface area (Å²) in [7, 11) is -1.51. The molecule has 4 unspecified atom stereocenters. The van der Waals surface area contributed by atoms with Gasteiger partial charge in [0.2, 0.25) is 15.9 Å². The Bertz CT molecular complexity index is 1060. The smallest absolute Gasteiger partial charge is 0.245 e. The van der Waals surface area contributed by atoms with Crippen molar-refractivity contribution in [3.8, 4) is 0 Å². The normalized spacial score (nSPS) is 26.4. The predicted octanol–water partition coefficient (Wildman–Crippen LogP) is 1.56. The molecular formula is C28H47N5O4S. The summed E-state index contributed by atoms with van der Waals surface area (Å²) in [6, 6.07) is 4.85. The van der Waals surface area contributed by atoms with E-state index in [-0.39, 0.29) is 5.91 Å². The maximum Gasteiger partial charge on any atom is 0.245 e. The third-order valence-corrected chi connectivity index (χ3v) is 10.3. The lowest BCUT2D eigenvalue weighted by molar-refractivity contribution is -0.132. The summed E-state index contributed by atoms with van der Waals surface area (Å²) in [5, 5.41) is 11.1. The van der Waals surface area contributed by atoms with Crippen LogP contribution in [0.4, 0.5) is 5.69 Å². The van der Waals surface area contributed by atoms with Gasteiger partial charge in [-0.25, -0.2) is 8.42 Å². The maximum absolute atomic E-state index is 13.6. The van der Waals surface area contributed by atoms with Gasteiger partial charge in [0.05, 0.1) is 11.0 Å². The number of anilines is 1. The topological polar surface area (TPSA) is 87.6 Å². The molecule has 0 bridgehead atoms. The standard InChI is InChI=1S/C28H47N5O4S/c1-6-31(7-2)28(35)27-16-23-15-25(38(36,37)32-17-21(3)14-22(4)18-32)8-9-26(23)33(27)20-24(34)19-30-12-10-29(5)11-13-30/h8-9,15,21-22,24,27,34H,6-7,10-14,16-20H2,1-5H3. The first-order valence-electron chi connectivity index (χ1n) is 14.3. The molecule has 4 atom stereocenters. The van der Waals surface area contributed by atoms with Gasteiger partial charge in [0.25, 0.3) is 0 Å². The molecule has 9 nitrogen and oxygen atoms in total. The van der Waals surface area contributed by atoms with E-state index in [1.165, 1.54) is 0 Å². The number of carbonyl (C=O) groups is 1. The molecule has 0 aromatic heterocycles. The lowest BCUT2D eigenvalue weighted by atomic mass is 9.94. The van der Waals surface area contributed by atoms with Crippen molar-refractivity contribution in [2.75, 3.05) is 77.4 Å². The largest absolute Gasteiger partial charge is 0.390 e. The van der Waals surface area contributed by atoms with Crippen molar-refractivity contribution in [1.29, 1.82) is 0 Å². The molecular weight excluding hydrogens is 502 g/mol. The molecule has 1 aromatic carbocycles. The van der Waals surface area contributed by atoms with Gasteiger partial charge < -0.3 is 19.8 Å². The summed E-state index contributed by atoms with van der Waals surface area (Å²) in [6.45, 7) is 15.2.